The third-order valence-corrected chi connectivity index (χ3v) is 1.77. The Balaban J connectivity index is 0.00000196. The Morgan fingerprint density at radius 1 is 1.20 bits per heavy atom. The molecule has 0 radical (unpaired) electrons. The molecule has 0 fully saturated rings. The molecule has 0 amide bonds. The molecule has 0 saturated heterocycles. The minimum atomic E-state index is -4.82. The number of aromatic hydroxyl groups is 1. The van der Waals surface area contributed by atoms with Crippen molar-refractivity contribution in [3.05, 3.63) is 24.3 Å². The van der Waals surface area contributed by atoms with Crippen LogP contribution in [0.15, 0.2) is 24.3 Å². The van der Waals surface area contributed by atoms with Crippen LogP contribution in [0.3, 0.4) is 0 Å². The molecule has 0 aliphatic rings. The first kappa shape index (κ1) is 15.3. The van der Waals surface area contributed by atoms with Gasteiger partial charge in [0.2, 0.25) is 0 Å². The average Bonchev–Trinajstić information content (AvgIpc) is 2.02. The van der Waals surface area contributed by atoms with Gasteiger partial charge in [0, 0.05) is 12.7 Å². The van der Waals surface area contributed by atoms with E-state index in [0.717, 1.165) is 4.90 Å². The summed E-state index contributed by atoms with van der Waals surface area (Å²) in [6.45, 7) is -4.82. The van der Waals surface area contributed by atoms with E-state index in [9.17, 15) is 12.9 Å². The number of nitrogens with zero attached hydrogens (tertiary/aromatic N) is 1. The Labute approximate surface area is 129 Å². The van der Waals surface area contributed by atoms with Gasteiger partial charge in [0.15, 0.2) is 0 Å². The molecule has 1 aromatic rings. The smallest absolute Gasteiger partial charge is 0.508 e. The number of halogens is 3. The molecule has 1 aromatic carbocycles. The molecule has 1 rings (SSSR count). The Morgan fingerprint density at radius 3 is 2.07 bits per heavy atom. The third kappa shape index (κ3) is 5.82. The molecule has 2 nitrogen and oxygen atoms in total. The number of hydrogen-bond donors (Lipinski definition) is 1. The van der Waals surface area contributed by atoms with Crippen LogP contribution in [0.4, 0.5) is 18.6 Å². The van der Waals surface area contributed by atoms with E-state index < -0.39 is 13.4 Å². The molecule has 0 unspecified atom stereocenters. The van der Waals surface area contributed by atoms with Gasteiger partial charge in [-0.15, -0.1) is 0 Å². The largest absolute Gasteiger partial charge is 1.00 e. The molecule has 0 heterocycles. The second kappa shape index (κ2) is 6.15. The first-order valence-electron chi connectivity index (χ1n) is 4.09. The molecule has 15 heavy (non-hydrogen) atoms. The number of benzene rings is 1. The van der Waals surface area contributed by atoms with E-state index in [1.807, 2.05) is 0 Å². The molecular formula is C8H10BF3KNO. The molecular weight excluding hydrogens is 233 g/mol. The monoisotopic (exact) mass is 243 g/mol. The van der Waals surface area contributed by atoms with Crippen molar-refractivity contribution in [3.63, 3.8) is 0 Å². The van der Waals surface area contributed by atoms with Gasteiger partial charge < -0.3 is 23.0 Å². The number of phenolic OH excluding ortho intramolecular Hbond substituents is 1. The fraction of sp³-hybridized carbons (Fsp3) is 0.250. The zero-order valence-corrected chi connectivity index (χ0v) is 11.7. The van der Waals surface area contributed by atoms with E-state index >= 15 is 0 Å². The van der Waals surface area contributed by atoms with Crippen molar-refractivity contribution in [1.82, 2.24) is 0 Å². The van der Waals surface area contributed by atoms with E-state index in [0.29, 0.717) is 5.69 Å². The molecule has 0 aromatic heterocycles. The van der Waals surface area contributed by atoms with Crippen molar-refractivity contribution in [1.29, 1.82) is 0 Å². The van der Waals surface area contributed by atoms with E-state index in [1.165, 1.54) is 31.3 Å². The van der Waals surface area contributed by atoms with E-state index in [4.69, 9.17) is 5.11 Å². The quantitative estimate of drug-likeness (QED) is 0.704. The third-order valence-electron chi connectivity index (χ3n) is 1.77. The molecule has 0 saturated carbocycles. The van der Waals surface area contributed by atoms with Crippen LogP contribution in [0, 0.1) is 0 Å². The predicted molar refractivity (Wildman–Crippen MR) is 50.5 cm³/mol. The molecule has 7 heteroatoms. The zero-order chi connectivity index (χ0) is 10.8. The Bertz CT molecular complexity index is 304. The van der Waals surface area contributed by atoms with Crippen molar-refractivity contribution in [2.45, 2.75) is 0 Å². The van der Waals surface area contributed by atoms with Crippen molar-refractivity contribution < 1.29 is 69.4 Å². The van der Waals surface area contributed by atoms with Crippen molar-refractivity contribution in [3.8, 4) is 5.75 Å². The molecule has 0 atom stereocenters. The van der Waals surface area contributed by atoms with Gasteiger partial charge in [0.25, 0.3) is 0 Å². The van der Waals surface area contributed by atoms with Crippen LogP contribution in [0.2, 0.25) is 0 Å². The summed E-state index contributed by atoms with van der Waals surface area (Å²) < 4.78 is 36.1. The van der Waals surface area contributed by atoms with Crippen LogP contribution in [0.5, 0.6) is 5.75 Å². The average molecular weight is 243 g/mol. The maximum absolute atomic E-state index is 12.0. The predicted octanol–water partition coefficient (Wildman–Crippen LogP) is -0.781. The maximum Gasteiger partial charge on any atom is 1.00 e. The second-order valence-corrected chi connectivity index (χ2v) is 3.11. The van der Waals surface area contributed by atoms with Gasteiger partial charge >= 0.3 is 58.4 Å². The van der Waals surface area contributed by atoms with E-state index in [1.54, 1.807) is 0 Å². The standard InChI is InChI=1S/C8H10BF3NO.K/c1-13(6-9(10,11)12)7-2-4-8(14)5-3-7;/h2-5,14H,6H2,1H3;/q-1;+1. The summed E-state index contributed by atoms with van der Waals surface area (Å²) in [5.74, 6) is 0.0414. The minimum Gasteiger partial charge on any atom is -0.508 e. The van der Waals surface area contributed by atoms with Gasteiger partial charge in [-0.3, -0.25) is 0 Å². The van der Waals surface area contributed by atoms with Crippen LogP contribution in [0.1, 0.15) is 0 Å². The van der Waals surface area contributed by atoms with E-state index in [-0.39, 0.29) is 57.1 Å². The second-order valence-electron chi connectivity index (χ2n) is 3.11. The van der Waals surface area contributed by atoms with Gasteiger partial charge in [-0.2, -0.15) is 0 Å². The maximum atomic E-state index is 12.0. The summed E-state index contributed by atoms with van der Waals surface area (Å²) in [6, 6.07) is 5.60. The molecule has 78 valence electrons. The molecule has 1 N–H and O–H groups in total. The summed E-state index contributed by atoms with van der Waals surface area (Å²) in [7, 11) is 1.36. The van der Waals surface area contributed by atoms with Crippen molar-refractivity contribution in [2.75, 3.05) is 18.4 Å². The van der Waals surface area contributed by atoms with Gasteiger partial charge in [0.05, 0.1) is 0 Å². The van der Waals surface area contributed by atoms with E-state index in [2.05, 4.69) is 0 Å². The fourth-order valence-electron chi connectivity index (χ4n) is 1.12. The Morgan fingerprint density at radius 2 is 1.67 bits per heavy atom. The number of hydrogen-bond acceptors (Lipinski definition) is 2. The molecule has 0 aliphatic heterocycles. The number of phenols is 1. The van der Waals surface area contributed by atoms with Crippen LogP contribution in [-0.2, 0) is 0 Å². The van der Waals surface area contributed by atoms with Crippen LogP contribution < -0.4 is 56.3 Å². The van der Waals surface area contributed by atoms with Crippen molar-refractivity contribution >= 4 is 12.7 Å². The normalized spacial score (nSPS) is 10.7. The first-order chi connectivity index (χ1) is 6.38. The summed E-state index contributed by atoms with van der Waals surface area (Å²) >= 11 is 0. The van der Waals surface area contributed by atoms with Crippen molar-refractivity contribution in [2.24, 2.45) is 0 Å². The zero-order valence-electron chi connectivity index (χ0n) is 8.62. The Kier molecular flexibility index (Phi) is 6.27. The summed E-state index contributed by atoms with van der Waals surface area (Å²) in [4.78, 5) is 1.10. The summed E-state index contributed by atoms with van der Waals surface area (Å²) in [5.41, 5.74) is 0.432. The summed E-state index contributed by atoms with van der Waals surface area (Å²) in [5, 5.41) is 8.93. The number of anilines is 1. The number of rotatable bonds is 3. The van der Waals surface area contributed by atoms with Gasteiger partial charge in [-0.05, 0) is 30.7 Å². The first-order valence-corrected chi connectivity index (χ1v) is 4.09. The molecule has 0 spiro atoms. The van der Waals surface area contributed by atoms with Crippen LogP contribution >= 0.6 is 0 Å². The van der Waals surface area contributed by atoms with Crippen LogP contribution in [-0.4, -0.2) is 25.6 Å². The topological polar surface area (TPSA) is 23.5 Å². The fourth-order valence-corrected chi connectivity index (χ4v) is 1.12. The summed E-state index contributed by atoms with van der Waals surface area (Å²) in [6.07, 6.45) is -0.940. The SMILES string of the molecule is CN(C[B-](F)(F)F)c1ccc(O)cc1.[K+]. The van der Waals surface area contributed by atoms with Gasteiger partial charge in [0.1, 0.15) is 5.75 Å². The Hall–Kier alpha value is 0.311. The van der Waals surface area contributed by atoms with Gasteiger partial charge in [-0.25, -0.2) is 0 Å². The molecule has 0 bridgehead atoms. The van der Waals surface area contributed by atoms with Gasteiger partial charge in [-0.1, -0.05) is 0 Å². The molecule has 0 aliphatic carbocycles. The van der Waals surface area contributed by atoms with Crippen LogP contribution in [0.25, 0.3) is 0 Å². The minimum absolute atomic E-state index is 0.